The molecule has 5 rings (SSSR count). The van der Waals surface area contributed by atoms with E-state index in [4.69, 9.17) is 9.84 Å². The van der Waals surface area contributed by atoms with Gasteiger partial charge in [0.05, 0.1) is 35.5 Å². The molecule has 1 atom stereocenters. The highest BCUT2D eigenvalue weighted by Crippen LogP contribution is 2.32. The van der Waals surface area contributed by atoms with Crippen LogP contribution in [0.5, 0.6) is 5.75 Å². The molecule has 1 aliphatic carbocycles. The number of nitrogens with zero attached hydrogens (tertiary/aromatic N) is 5. The second-order valence-electron chi connectivity index (χ2n) is 9.66. The van der Waals surface area contributed by atoms with E-state index < -0.39 is 0 Å². The number of carbonyl (C=O) groups is 1. The normalized spacial score (nSPS) is 19.4. The maximum absolute atomic E-state index is 13.1. The number of hydrogen-bond donors (Lipinski definition) is 1. The summed E-state index contributed by atoms with van der Waals surface area (Å²) in [6.45, 7) is 5.55. The molecule has 0 spiro atoms. The molecule has 1 saturated heterocycles. The Morgan fingerprint density at radius 1 is 1.03 bits per heavy atom. The van der Waals surface area contributed by atoms with Crippen molar-refractivity contribution in [2.24, 2.45) is 5.92 Å². The van der Waals surface area contributed by atoms with E-state index in [1.54, 1.807) is 7.11 Å². The molecule has 2 fully saturated rings. The molecular formula is C26H34N6O2. The topological polar surface area (TPSA) is 85.2 Å². The van der Waals surface area contributed by atoms with Crippen LogP contribution < -0.4 is 15.0 Å². The highest BCUT2D eigenvalue weighted by Gasteiger charge is 2.30. The number of amides is 1. The number of aryl methyl sites for hydroxylation is 2. The molecule has 1 saturated carbocycles. The number of fused-ring (bicyclic) bond motifs is 1. The van der Waals surface area contributed by atoms with Crippen molar-refractivity contribution < 1.29 is 9.53 Å². The van der Waals surface area contributed by atoms with Crippen molar-refractivity contribution in [2.75, 3.05) is 25.1 Å². The van der Waals surface area contributed by atoms with Crippen molar-refractivity contribution in [3.05, 3.63) is 35.7 Å². The summed E-state index contributed by atoms with van der Waals surface area (Å²) in [5, 5.41) is 18.3. The molecule has 1 amide bonds. The lowest BCUT2D eigenvalue weighted by Gasteiger charge is -2.34. The monoisotopic (exact) mass is 462 g/mol. The van der Waals surface area contributed by atoms with E-state index >= 15 is 0 Å². The van der Waals surface area contributed by atoms with Gasteiger partial charge in [0.25, 0.3) is 0 Å². The number of methoxy groups -OCH3 is 1. The quantitative estimate of drug-likeness (QED) is 0.614. The average molecular weight is 463 g/mol. The van der Waals surface area contributed by atoms with Crippen molar-refractivity contribution in [1.82, 2.24) is 25.3 Å². The number of ether oxygens (including phenoxy) is 1. The van der Waals surface area contributed by atoms with Crippen molar-refractivity contribution in [1.29, 1.82) is 0 Å². The molecule has 2 aromatic heterocycles. The fourth-order valence-electron chi connectivity index (χ4n) is 5.45. The maximum atomic E-state index is 13.1. The Balaban J connectivity index is 1.42. The van der Waals surface area contributed by atoms with Gasteiger partial charge in [-0.25, -0.2) is 4.68 Å². The van der Waals surface area contributed by atoms with Crippen LogP contribution in [0.2, 0.25) is 0 Å². The minimum absolute atomic E-state index is 0.0291. The van der Waals surface area contributed by atoms with Crippen LogP contribution in [0.1, 0.15) is 56.3 Å². The Kier molecular flexibility index (Phi) is 6.39. The third kappa shape index (κ3) is 4.33. The molecule has 8 nitrogen and oxygen atoms in total. The molecule has 3 heterocycles. The SMILES string of the molecule is COc1ccc(-n2nc3c(N4CCC[C@H](C(=O)NC5CCCCC5)C4)nnc(C)c3c2C)cc1. The van der Waals surface area contributed by atoms with Gasteiger partial charge in [-0.3, -0.25) is 4.79 Å². The van der Waals surface area contributed by atoms with Crippen LogP contribution in [-0.4, -0.2) is 52.1 Å². The first-order valence-corrected chi connectivity index (χ1v) is 12.5. The number of anilines is 1. The molecule has 8 heteroatoms. The zero-order chi connectivity index (χ0) is 23.7. The number of rotatable bonds is 5. The fourth-order valence-corrected chi connectivity index (χ4v) is 5.45. The Labute approximate surface area is 200 Å². The number of benzene rings is 1. The summed E-state index contributed by atoms with van der Waals surface area (Å²) >= 11 is 0. The summed E-state index contributed by atoms with van der Waals surface area (Å²) in [5.41, 5.74) is 3.69. The van der Waals surface area contributed by atoms with Crippen LogP contribution in [-0.2, 0) is 4.79 Å². The van der Waals surface area contributed by atoms with E-state index in [0.29, 0.717) is 12.6 Å². The predicted molar refractivity (Wildman–Crippen MR) is 133 cm³/mol. The summed E-state index contributed by atoms with van der Waals surface area (Å²) in [6, 6.07) is 8.21. The molecule has 1 N–H and O–H groups in total. The minimum atomic E-state index is -0.0291. The highest BCUT2D eigenvalue weighted by molar-refractivity contribution is 5.92. The third-order valence-corrected chi connectivity index (χ3v) is 7.34. The van der Waals surface area contributed by atoms with Gasteiger partial charge in [0.15, 0.2) is 5.82 Å². The molecule has 2 aliphatic rings. The van der Waals surface area contributed by atoms with Crippen LogP contribution in [0.3, 0.4) is 0 Å². The van der Waals surface area contributed by atoms with Gasteiger partial charge in [-0.1, -0.05) is 19.3 Å². The van der Waals surface area contributed by atoms with Gasteiger partial charge in [0.1, 0.15) is 11.3 Å². The molecule has 3 aromatic rings. The van der Waals surface area contributed by atoms with Gasteiger partial charge >= 0.3 is 0 Å². The first kappa shape index (κ1) is 22.6. The van der Waals surface area contributed by atoms with Gasteiger partial charge in [0.2, 0.25) is 5.91 Å². The van der Waals surface area contributed by atoms with Crippen LogP contribution in [0.25, 0.3) is 16.6 Å². The Morgan fingerprint density at radius 2 is 1.79 bits per heavy atom. The van der Waals surface area contributed by atoms with E-state index in [2.05, 4.69) is 27.3 Å². The van der Waals surface area contributed by atoms with Gasteiger partial charge in [0, 0.05) is 19.1 Å². The number of aromatic nitrogens is 4. The second kappa shape index (κ2) is 9.60. The molecule has 0 bridgehead atoms. The van der Waals surface area contributed by atoms with Gasteiger partial charge in [-0.2, -0.15) is 10.2 Å². The number of carbonyl (C=O) groups excluding carboxylic acids is 1. The summed E-state index contributed by atoms with van der Waals surface area (Å²) in [5.74, 6) is 1.74. The molecule has 0 radical (unpaired) electrons. The molecule has 1 aromatic carbocycles. The molecule has 0 unspecified atom stereocenters. The van der Waals surface area contributed by atoms with Crippen molar-refractivity contribution in [3.63, 3.8) is 0 Å². The van der Waals surface area contributed by atoms with Gasteiger partial charge < -0.3 is 15.0 Å². The molecule has 34 heavy (non-hydrogen) atoms. The van der Waals surface area contributed by atoms with Crippen LogP contribution in [0.4, 0.5) is 5.82 Å². The zero-order valence-electron chi connectivity index (χ0n) is 20.4. The summed E-state index contributed by atoms with van der Waals surface area (Å²) in [6.07, 6.45) is 7.80. The van der Waals surface area contributed by atoms with E-state index in [0.717, 1.165) is 71.8 Å². The van der Waals surface area contributed by atoms with E-state index in [1.165, 1.54) is 19.3 Å². The van der Waals surface area contributed by atoms with E-state index in [9.17, 15) is 4.79 Å². The van der Waals surface area contributed by atoms with Crippen molar-refractivity contribution in [3.8, 4) is 11.4 Å². The molecule has 1 aliphatic heterocycles. The smallest absolute Gasteiger partial charge is 0.225 e. The Bertz CT molecular complexity index is 1170. The summed E-state index contributed by atoms with van der Waals surface area (Å²) in [7, 11) is 1.66. The predicted octanol–water partition coefficient (Wildman–Crippen LogP) is 4.11. The minimum Gasteiger partial charge on any atom is -0.497 e. The standard InChI is InChI=1S/C26H34N6O2/c1-17-23-18(2)32(21-11-13-22(34-3)14-12-21)30-24(23)25(29-28-17)31-15-7-8-19(16-31)26(33)27-20-9-5-4-6-10-20/h11-14,19-20H,4-10,15-16H2,1-3H3,(H,27,33)/t19-/m0/s1. The second-order valence-corrected chi connectivity index (χ2v) is 9.66. The fraction of sp³-hybridized carbons (Fsp3) is 0.538. The average Bonchev–Trinajstić information content (AvgIpc) is 3.23. The lowest BCUT2D eigenvalue weighted by Crippen LogP contribution is -2.46. The number of piperidine rings is 1. The van der Waals surface area contributed by atoms with Gasteiger partial charge in [-0.05, 0) is 63.8 Å². The molecule has 180 valence electrons. The van der Waals surface area contributed by atoms with Gasteiger partial charge in [-0.15, -0.1) is 5.10 Å². The van der Waals surface area contributed by atoms with Crippen molar-refractivity contribution in [2.45, 2.75) is 64.8 Å². The summed E-state index contributed by atoms with van der Waals surface area (Å²) in [4.78, 5) is 15.3. The highest BCUT2D eigenvalue weighted by atomic mass is 16.5. The van der Waals surface area contributed by atoms with E-state index in [-0.39, 0.29) is 11.8 Å². The summed E-state index contributed by atoms with van der Waals surface area (Å²) < 4.78 is 7.25. The maximum Gasteiger partial charge on any atom is 0.225 e. The lowest BCUT2D eigenvalue weighted by atomic mass is 9.93. The Hall–Kier alpha value is -3.16. The first-order chi connectivity index (χ1) is 16.5. The van der Waals surface area contributed by atoms with Crippen LogP contribution in [0, 0.1) is 19.8 Å². The lowest BCUT2D eigenvalue weighted by molar-refractivity contribution is -0.126. The molecular weight excluding hydrogens is 428 g/mol. The Morgan fingerprint density at radius 3 is 2.53 bits per heavy atom. The zero-order valence-corrected chi connectivity index (χ0v) is 20.4. The largest absolute Gasteiger partial charge is 0.497 e. The number of nitrogens with one attached hydrogen (secondary N) is 1. The van der Waals surface area contributed by atoms with Crippen molar-refractivity contribution >= 4 is 22.6 Å². The van der Waals surface area contributed by atoms with Crippen LogP contribution >= 0.6 is 0 Å². The van der Waals surface area contributed by atoms with E-state index in [1.807, 2.05) is 35.9 Å². The van der Waals surface area contributed by atoms with Crippen LogP contribution in [0.15, 0.2) is 24.3 Å². The third-order valence-electron chi connectivity index (χ3n) is 7.34. The number of hydrogen-bond acceptors (Lipinski definition) is 6. The first-order valence-electron chi connectivity index (χ1n) is 12.5.